The van der Waals surface area contributed by atoms with E-state index in [1.807, 2.05) is 12.1 Å². The van der Waals surface area contributed by atoms with Crippen LogP contribution in [0, 0.1) is 17.0 Å². The molecule has 0 aliphatic heterocycles. The topological polar surface area (TPSA) is 73.1 Å². The average Bonchev–Trinajstić information content (AvgIpc) is 2.79. The first-order chi connectivity index (χ1) is 15.0. The Morgan fingerprint density at radius 1 is 0.871 bits per heavy atom. The van der Waals surface area contributed by atoms with E-state index in [9.17, 15) is 14.9 Å². The number of halogens is 1. The zero-order valence-corrected chi connectivity index (χ0v) is 18.2. The molecular weight excluding hydrogens is 456 g/mol. The van der Waals surface area contributed by atoms with E-state index in [1.165, 1.54) is 0 Å². The molecule has 31 heavy (non-hydrogen) atoms. The van der Waals surface area contributed by atoms with E-state index in [-0.39, 0.29) is 28.3 Å². The maximum absolute atomic E-state index is 13.5. The predicted molar refractivity (Wildman–Crippen MR) is 124 cm³/mol. The highest BCUT2D eigenvalue weighted by molar-refractivity contribution is 9.10. The zero-order chi connectivity index (χ0) is 22.0. The lowest BCUT2D eigenvalue weighted by Crippen LogP contribution is -2.11. The van der Waals surface area contributed by atoms with Crippen LogP contribution in [0.4, 0.5) is 5.69 Å². The monoisotopic (exact) mass is 472 g/mol. The van der Waals surface area contributed by atoms with Crippen LogP contribution in [0.1, 0.15) is 21.6 Å². The number of carbonyl (C=O) groups excluding carboxylic acids is 1. The lowest BCUT2D eigenvalue weighted by Gasteiger charge is -2.15. The van der Waals surface area contributed by atoms with Gasteiger partial charge in [0.2, 0.25) is 0 Å². The van der Waals surface area contributed by atoms with Crippen LogP contribution < -0.4 is 0 Å². The van der Waals surface area contributed by atoms with Gasteiger partial charge in [-0.15, -0.1) is 0 Å². The van der Waals surface area contributed by atoms with Crippen molar-refractivity contribution in [2.24, 2.45) is 0 Å². The molecule has 4 aromatic rings. The van der Waals surface area contributed by atoms with Crippen LogP contribution in [0.15, 0.2) is 89.4 Å². The van der Waals surface area contributed by atoms with Crippen LogP contribution >= 0.6 is 15.9 Å². The zero-order valence-electron chi connectivity index (χ0n) is 16.6. The predicted octanol–water partition coefficient (Wildman–Crippen LogP) is 6.63. The van der Waals surface area contributed by atoms with Crippen molar-refractivity contribution in [3.05, 3.63) is 116 Å². The van der Waals surface area contributed by atoms with Crippen molar-refractivity contribution in [1.29, 1.82) is 0 Å². The van der Waals surface area contributed by atoms with Gasteiger partial charge >= 0.3 is 5.69 Å². The molecule has 4 rings (SSSR count). The van der Waals surface area contributed by atoms with E-state index < -0.39 is 4.92 Å². The number of nitrogens with zero attached hydrogens (tertiary/aromatic N) is 2. The molecule has 0 aliphatic carbocycles. The van der Waals surface area contributed by atoms with Gasteiger partial charge in [0.15, 0.2) is 5.78 Å². The maximum Gasteiger partial charge on any atom is 0.304 e. The first-order valence-corrected chi connectivity index (χ1v) is 10.4. The maximum atomic E-state index is 13.5. The first-order valence-electron chi connectivity index (χ1n) is 9.57. The number of pyridine rings is 1. The van der Waals surface area contributed by atoms with E-state index in [1.54, 1.807) is 79.7 Å². The van der Waals surface area contributed by atoms with Gasteiger partial charge < -0.3 is 0 Å². The number of aryl methyl sites for hydroxylation is 1. The van der Waals surface area contributed by atoms with Gasteiger partial charge in [-0.05, 0) is 36.8 Å². The molecule has 0 spiro atoms. The van der Waals surface area contributed by atoms with E-state index in [4.69, 9.17) is 0 Å². The van der Waals surface area contributed by atoms with Gasteiger partial charge in [0, 0.05) is 15.6 Å². The molecule has 0 radical (unpaired) electrons. The molecule has 3 aromatic carbocycles. The smallest absolute Gasteiger partial charge is 0.289 e. The Morgan fingerprint density at radius 2 is 1.42 bits per heavy atom. The van der Waals surface area contributed by atoms with E-state index in [0.717, 1.165) is 4.47 Å². The van der Waals surface area contributed by atoms with Crippen molar-refractivity contribution in [2.75, 3.05) is 0 Å². The number of ketones is 1. The molecule has 152 valence electrons. The molecule has 0 N–H and O–H groups in total. The summed E-state index contributed by atoms with van der Waals surface area (Å²) in [6.07, 6.45) is 0. The second-order valence-corrected chi connectivity index (χ2v) is 7.89. The number of aromatic nitrogens is 1. The number of benzene rings is 3. The standard InChI is InChI=1S/C25H17BrN2O3/c1-16-21(25(29)19-12-14-20(26)15-13-19)22(17-8-4-2-5-9-17)24(28(30)31)23(27-16)18-10-6-3-7-11-18/h2-15H,1H3. The van der Waals surface area contributed by atoms with Gasteiger partial charge in [-0.25, -0.2) is 4.98 Å². The fourth-order valence-corrected chi connectivity index (χ4v) is 3.84. The fourth-order valence-electron chi connectivity index (χ4n) is 3.58. The highest BCUT2D eigenvalue weighted by atomic mass is 79.9. The number of rotatable bonds is 5. The van der Waals surface area contributed by atoms with Gasteiger partial charge in [-0.2, -0.15) is 0 Å². The highest BCUT2D eigenvalue weighted by Crippen LogP contribution is 2.41. The molecule has 6 heteroatoms. The number of nitro groups is 1. The number of hydrogen-bond acceptors (Lipinski definition) is 4. The Morgan fingerprint density at radius 3 is 1.97 bits per heavy atom. The van der Waals surface area contributed by atoms with Gasteiger partial charge in [0.25, 0.3) is 0 Å². The first kappa shape index (κ1) is 20.6. The second kappa shape index (κ2) is 8.62. The molecule has 0 unspecified atom stereocenters. The fraction of sp³-hybridized carbons (Fsp3) is 0.0400. The Labute approximate surface area is 187 Å². The Hall–Kier alpha value is -3.64. The second-order valence-electron chi connectivity index (χ2n) is 6.97. The SMILES string of the molecule is Cc1nc(-c2ccccc2)c([N+](=O)[O-])c(-c2ccccc2)c1C(=O)c1ccc(Br)cc1. The lowest BCUT2D eigenvalue weighted by atomic mass is 9.90. The Bertz CT molecular complexity index is 1270. The van der Waals surface area contributed by atoms with Crippen molar-refractivity contribution in [1.82, 2.24) is 4.98 Å². The van der Waals surface area contributed by atoms with Gasteiger partial charge in [0.05, 0.1) is 21.7 Å². The van der Waals surface area contributed by atoms with Crippen molar-refractivity contribution < 1.29 is 9.72 Å². The Kier molecular flexibility index (Phi) is 5.73. The third-order valence-corrected chi connectivity index (χ3v) is 5.51. The summed E-state index contributed by atoms with van der Waals surface area (Å²) in [5.41, 5.74) is 2.68. The summed E-state index contributed by atoms with van der Waals surface area (Å²) < 4.78 is 0.840. The van der Waals surface area contributed by atoms with E-state index in [2.05, 4.69) is 20.9 Å². The van der Waals surface area contributed by atoms with Crippen LogP contribution in [0.5, 0.6) is 0 Å². The third-order valence-electron chi connectivity index (χ3n) is 4.98. The minimum absolute atomic E-state index is 0.177. The molecule has 0 fully saturated rings. The number of carbonyl (C=O) groups is 1. The quantitative estimate of drug-likeness (QED) is 0.185. The van der Waals surface area contributed by atoms with Crippen molar-refractivity contribution in [3.63, 3.8) is 0 Å². The van der Waals surface area contributed by atoms with Crippen LogP contribution in [0.2, 0.25) is 0 Å². The molecule has 0 aliphatic rings. The lowest BCUT2D eigenvalue weighted by molar-refractivity contribution is -0.383. The molecule has 0 atom stereocenters. The molecule has 1 heterocycles. The van der Waals surface area contributed by atoms with Crippen LogP contribution in [0.3, 0.4) is 0 Å². The normalized spacial score (nSPS) is 10.6. The van der Waals surface area contributed by atoms with Crippen molar-refractivity contribution in [2.45, 2.75) is 6.92 Å². The van der Waals surface area contributed by atoms with Crippen LogP contribution in [-0.4, -0.2) is 15.7 Å². The highest BCUT2D eigenvalue weighted by Gasteiger charge is 2.31. The molecule has 1 aromatic heterocycles. The summed E-state index contributed by atoms with van der Waals surface area (Å²) in [4.78, 5) is 29.9. The molecule has 0 bridgehead atoms. The molecule has 5 nitrogen and oxygen atoms in total. The van der Waals surface area contributed by atoms with Gasteiger partial charge in [-0.3, -0.25) is 14.9 Å². The molecule has 0 saturated heterocycles. The Balaban J connectivity index is 2.08. The summed E-state index contributed by atoms with van der Waals surface area (Å²) in [6.45, 7) is 1.72. The van der Waals surface area contributed by atoms with Gasteiger partial charge in [0.1, 0.15) is 5.69 Å². The third kappa shape index (κ3) is 4.02. The van der Waals surface area contributed by atoms with Crippen molar-refractivity contribution >= 4 is 27.4 Å². The summed E-state index contributed by atoms with van der Waals surface area (Å²) in [5, 5.41) is 12.3. The average molecular weight is 473 g/mol. The minimum Gasteiger partial charge on any atom is -0.289 e. The molecule has 0 saturated carbocycles. The molecular formula is C25H17BrN2O3. The van der Waals surface area contributed by atoms with Crippen LogP contribution in [-0.2, 0) is 0 Å². The summed E-state index contributed by atoms with van der Waals surface area (Å²) in [5.74, 6) is -0.306. The van der Waals surface area contributed by atoms with Crippen molar-refractivity contribution in [3.8, 4) is 22.4 Å². The summed E-state index contributed by atoms with van der Waals surface area (Å²) in [7, 11) is 0. The minimum atomic E-state index is -0.449. The van der Waals surface area contributed by atoms with Gasteiger partial charge in [-0.1, -0.05) is 76.6 Å². The van der Waals surface area contributed by atoms with E-state index in [0.29, 0.717) is 22.4 Å². The number of hydrogen-bond donors (Lipinski definition) is 0. The summed E-state index contributed by atoms with van der Waals surface area (Å²) >= 11 is 3.37. The summed E-state index contributed by atoms with van der Waals surface area (Å²) in [6, 6.07) is 24.9. The molecule has 0 amide bonds. The van der Waals surface area contributed by atoms with Crippen LogP contribution in [0.25, 0.3) is 22.4 Å². The largest absolute Gasteiger partial charge is 0.304 e. The van der Waals surface area contributed by atoms with E-state index >= 15 is 0 Å².